The molecule has 0 bridgehead atoms. The minimum Gasteiger partial charge on any atom is -0.298 e. The summed E-state index contributed by atoms with van der Waals surface area (Å²) in [5.74, 6) is 0. The second kappa shape index (κ2) is 4.86. The molecule has 0 spiro atoms. The van der Waals surface area contributed by atoms with Crippen molar-refractivity contribution in [3.63, 3.8) is 0 Å². The number of carbonyl (C=O) groups is 1. The van der Waals surface area contributed by atoms with Gasteiger partial charge in [-0.2, -0.15) is 26.3 Å². The van der Waals surface area contributed by atoms with Crippen LogP contribution in [0.5, 0.6) is 0 Å². The van der Waals surface area contributed by atoms with Crippen LogP contribution in [-0.4, -0.2) is 18.6 Å². The van der Waals surface area contributed by atoms with Crippen molar-refractivity contribution >= 4 is 6.29 Å². The van der Waals surface area contributed by atoms with E-state index in [2.05, 4.69) is 0 Å². The van der Waals surface area contributed by atoms with Crippen LogP contribution in [0.3, 0.4) is 0 Å². The van der Waals surface area contributed by atoms with Crippen molar-refractivity contribution in [2.24, 2.45) is 5.41 Å². The van der Waals surface area contributed by atoms with Crippen molar-refractivity contribution < 1.29 is 31.1 Å². The van der Waals surface area contributed by atoms with E-state index in [-0.39, 0.29) is 18.1 Å². The molecule has 1 aromatic rings. The maximum absolute atomic E-state index is 12.7. The summed E-state index contributed by atoms with van der Waals surface area (Å²) in [4.78, 5) is 10.4. The van der Waals surface area contributed by atoms with Crippen molar-refractivity contribution in [3.8, 4) is 0 Å². The molecule has 0 radical (unpaired) electrons. The third kappa shape index (κ3) is 3.08. The Balaban J connectivity index is 3.12. The lowest BCUT2D eigenvalue weighted by atomic mass is 9.82. The first-order chi connectivity index (χ1) is 8.51. The molecule has 0 heterocycles. The maximum Gasteiger partial charge on any atom is 0.403 e. The van der Waals surface area contributed by atoms with Gasteiger partial charge in [0.05, 0.1) is 0 Å². The number of hydrogen-bond donors (Lipinski definition) is 0. The predicted molar refractivity (Wildman–Crippen MR) is 55.8 cm³/mol. The fourth-order valence-corrected chi connectivity index (χ4v) is 1.48. The molecule has 1 nitrogen and oxygen atoms in total. The molecule has 0 amide bonds. The minimum absolute atomic E-state index is 0.126. The number of alkyl halides is 6. The van der Waals surface area contributed by atoms with E-state index >= 15 is 0 Å². The quantitative estimate of drug-likeness (QED) is 0.601. The van der Waals surface area contributed by atoms with E-state index in [4.69, 9.17) is 0 Å². The molecule has 0 aliphatic heterocycles. The van der Waals surface area contributed by atoms with E-state index in [0.717, 1.165) is 12.1 Å². The third-order valence-electron chi connectivity index (χ3n) is 2.92. The Morgan fingerprint density at radius 2 is 1.37 bits per heavy atom. The molecule has 0 unspecified atom stereocenters. The van der Waals surface area contributed by atoms with Gasteiger partial charge in [-0.3, -0.25) is 4.79 Å². The summed E-state index contributed by atoms with van der Waals surface area (Å²) in [7, 11) is 0. The molecule has 0 aliphatic carbocycles. The standard InChI is InChI=1S/C12H10F6O/c1-10(11(13,14)15,12(16,17)18)6-8-2-4-9(7-19)5-3-8/h2-5,7H,6H2,1H3. The first-order valence-electron chi connectivity index (χ1n) is 5.19. The van der Waals surface area contributed by atoms with Crippen molar-refractivity contribution in [2.45, 2.75) is 25.7 Å². The van der Waals surface area contributed by atoms with E-state index in [1.807, 2.05) is 0 Å². The average Bonchev–Trinajstić information content (AvgIpc) is 2.27. The molecule has 0 aliphatic rings. The molecule has 1 rings (SSSR count). The zero-order valence-corrected chi connectivity index (χ0v) is 9.77. The zero-order chi connectivity index (χ0) is 14.9. The van der Waals surface area contributed by atoms with Crippen LogP contribution in [0.4, 0.5) is 26.3 Å². The van der Waals surface area contributed by atoms with E-state index in [9.17, 15) is 31.1 Å². The molecule has 0 saturated heterocycles. The van der Waals surface area contributed by atoms with Gasteiger partial charge in [-0.15, -0.1) is 0 Å². The lowest BCUT2D eigenvalue weighted by Gasteiger charge is -2.34. The van der Waals surface area contributed by atoms with Gasteiger partial charge in [0, 0.05) is 5.56 Å². The van der Waals surface area contributed by atoms with Crippen LogP contribution < -0.4 is 0 Å². The van der Waals surface area contributed by atoms with Gasteiger partial charge in [0.2, 0.25) is 0 Å². The van der Waals surface area contributed by atoms with E-state index in [1.165, 1.54) is 12.1 Å². The highest BCUT2D eigenvalue weighted by Crippen LogP contribution is 2.51. The van der Waals surface area contributed by atoms with Crippen LogP contribution in [-0.2, 0) is 6.42 Å². The Labute approximate surface area is 105 Å². The highest BCUT2D eigenvalue weighted by atomic mass is 19.4. The summed E-state index contributed by atoms with van der Waals surface area (Å²) >= 11 is 0. The zero-order valence-electron chi connectivity index (χ0n) is 9.77. The molecule has 19 heavy (non-hydrogen) atoms. The molecular formula is C12H10F6O. The second-order valence-electron chi connectivity index (χ2n) is 4.36. The molecule has 0 aromatic heterocycles. The summed E-state index contributed by atoms with van der Waals surface area (Å²) in [6.07, 6.45) is -11.6. The molecule has 106 valence electrons. The monoisotopic (exact) mass is 284 g/mol. The van der Waals surface area contributed by atoms with Gasteiger partial charge in [-0.1, -0.05) is 24.3 Å². The number of rotatable bonds is 3. The van der Waals surface area contributed by atoms with Gasteiger partial charge in [0.1, 0.15) is 6.29 Å². The van der Waals surface area contributed by atoms with Crippen LogP contribution in [0.25, 0.3) is 0 Å². The molecule has 7 heteroatoms. The Morgan fingerprint density at radius 3 is 1.68 bits per heavy atom. The molecule has 0 N–H and O–H groups in total. The fourth-order valence-electron chi connectivity index (χ4n) is 1.48. The normalized spacial score (nSPS) is 13.4. The first-order valence-corrected chi connectivity index (χ1v) is 5.19. The smallest absolute Gasteiger partial charge is 0.298 e. The molecule has 0 saturated carbocycles. The molecule has 0 fully saturated rings. The molecule has 0 atom stereocenters. The number of benzene rings is 1. The van der Waals surface area contributed by atoms with E-state index in [1.54, 1.807) is 0 Å². The lowest BCUT2D eigenvalue weighted by molar-refractivity contribution is -0.334. The number of carbonyl (C=O) groups excluding carboxylic acids is 1. The van der Waals surface area contributed by atoms with Crippen LogP contribution >= 0.6 is 0 Å². The van der Waals surface area contributed by atoms with Crippen LogP contribution in [0.2, 0.25) is 0 Å². The summed E-state index contributed by atoms with van der Waals surface area (Å²) in [6.45, 7) is 0.126. The summed E-state index contributed by atoms with van der Waals surface area (Å²) < 4.78 is 75.9. The van der Waals surface area contributed by atoms with E-state index < -0.39 is 24.2 Å². The van der Waals surface area contributed by atoms with Gasteiger partial charge in [-0.25, -0.2) is 0 Å². The second-order valence-corrected chi connectivity index (χ2v) is 4.36. The fraction of sp³-hybridized carbons (Fsp3) is 0.417. The Hall–Kier alpha value is -1.53. The van der Waals surface area contributed by atoms with Crippen LogP contribution in [0.15, 0.2) is 24.3 Å². The summed E-state index contributed by atoms with van der Waals surface area (Å²) in [5, 5.41) is 0. The Morgan fingerprint density at radius 1 is 0.947 bits per heavy atom. The van der Waals surface area contributed by atoms with Crippen molar-refractivity contribution in [3.05, 3.63) is 35.4 Å². The Bertz CT molecular complexity index is 429. The van der Waals surface area contributed by atoms with Crippen LogP contribution in [0, 0.1) is 5.41 Å². The van der Waals surface area contributed by atoms with Crippen molar-refractivity contribution in [1.82, 2.24) is 0 Å². The third-order valence-corrected chi connectivity index (χ3v) is 2.92. The van der Waals surface area contributed by atoms with Gasteiger partial charge in [0.25, 0.3) is 0 Å². The Kier molecular flexibility index (Phi) is 3.97. The molecular weight excluding hydrogens is 274 g/mol. The molecule has 1 aromatic carbocycles. The van der Waals surface area contributed by atoms with Crippen molar-refractivity contribution in [1.29, 1.82) is 0 Å². The van der Waals surface area contributed by atoms with E-state index in [0.29, 0.717) is 6.29 Å². The number of aldehydes is 1. The topological polar surface area (TPSA) is 17.1 Å². The SMILES string of the molecule is CC(Cc1ccc(C=O)cc1)(C(F)(F)F)C(F)(F)F. The highest BCUT2D eigenvalue weighted by Gasteiger charge is 2.67. The highest BCUT2D eigenvalue weighted by molar-refractivity contribution is 5.74. The van der Waals surface area contributed by atoms with Crippen LogP contribution in [0.1, 0.15) is 22.8 Å². The van der Waals surface area contributed by atoms with Gasteiger partial charge in [0.15, 0.2) is 5.41 Å². The summed E-state index contributed by atoms with van der Waals surface area (Å²) in [6, 6.07) is 4.52. The average molecular weight is 284 g/mol. The number of halogens is 6. The minimum atomic E-state index is -5.41. The van der Waals surface area contributed by atoms with Gasteiger partial charge in [-0.05, 0) is 18.9 Å². The largest absolute Gasteiger partial charge is 0.403 e. The van der Waals surface area contributed by atoms with Gasteiger partial charge >= 0.3 is 12.4 Å². The van der Waals surface area contributed by atoms with Gasteiger partial charge < -0.3 is 0 Å². The first kappa shape index (κ1) is 15.5. The lowest BCUT2D eigenvalue weighted by Crippen LogP contribution is -2.49. The number of hydrogen-bond acceptors (Lipinski definition) is 1. The summed E-state index contributed by atoms with van der Waals surface area (Å²) in [5.41, 5.74) is -3.77. The maximum atomic E-state index is 12.7. The van der Waals surface area contributed by atoms with Crippen molar-refractivity contribution in [2.75, 3.05) is 0 Å². The predicted octanol–water partition coefficient (Wildman–Crippen LogP) is 4.17.